The third-order valence-electron chi connectivity index (χ3n) is 3.41. The standard InChI is InChI=1S/C13H24N4O/c1-3-5-17-7-8-18-13(10-17)12(14)9-11-4-6-16(2)15-11/h4,6,12-13H,3,5,7-10,14H2,1-2H3. The number of aromatic nitrogens is 2. The summed E-state index contributed by atoms with van der Waals surface area (Å²) in [5.41, 5.74) is 7.29. The molecule has 5 heteroatoms. The zero-order valence-electron chi connectivity index (χ0n) is 11.4. The van der Waals surface area contributed by atoms with Crippen LogP contribution in [0.5, 0.6) is 0 Å². The van der Waals surface area contributed by atoms with Gasteiger partial charge in [0.1, 0.15) is 0 Å². The predicted molar refractivity (Wildman–Crippen MR) is 71.4 cm³/mol. The van der Waals surface area contributed by atoms with E-state index < -0.39 is 0 Å². The Kier molecular flexibility index (Phi) is 4.74. The van der Waals surface area contributed by atoms with Crippen molar-refractivity contribution in [3.05, 3.63) is 18.0 Å². The van der Waals surface area contributed by atoms with Crippen LogP contribution in [-0.2, 0) is 18.2 Å². The van der Waals surface area contributed by atoms with Gasteiger partial charge in [0.15, 0.2) is 0 Å². The van der Waals surface area contributed by atoms with Crippen molar-refractivity contribution in [2.45, 2.75) is 31.9 Å². The number of nitrogens with zero attached hydrogens (tertiary/aromatic N) is 3. The molecule has 0 saturated carbocycles. The molecule has 1 aliphatic rings. The van der Waals surface area contributed by atoms with Gasteiger partial charge in [0.2, 0.25) is 0 Å². The van der Waals surface area contributed by atoms with Crippen molar-refractivity contribution < 1.29 is 4.74 Å². The van der Waals surface area contributed by atoms with Crippen LogP contribution in [0.15, 0.2) is 12.3 Å². The summed E-state index contributed by atoms with van der Waals surface area (Å²) in [4.78, 5) is 2.44. The fourth-order valence-electron chi connectivity index (χ4n) is 2.45. The predicted octanol–water partition coefficient (Wildman–Crippen LogP) is 0.401. The van der Waals surface area contributed by atoms with E-state index >= 15 is 0 Å². The van der Waals surface area contributed by atoms with Gasteiger partial charge in [-0.15, -0.1) is 0 Å². The minimum atomic E-state index is 0.0274. The maximum Gasteiger partial charge on any atom is 0.0857 e. The molecule has 0 spiro atoms. The summed E-state index contributed by atoms with van der Waals surface area (Å²) >= 11 is 0. The Hall–Kier alpha value is -0.910. The first-order valence-electron chi connectivity index (χ1n) is 6.77. The largest absolute Gasteiger partial charge is 0.374 e. The molecule has 0 amide bonds. The average molecular weight is 252 g/mol. The molecule has 102 valence electrons. The summed E-state index contributed by atoms with van der Waals surface area (Å²) in [6.07, 6.45) is 4.05. The first-order valence-corrected chi connectivity index (χ1v) is 6.77. The minimum absolute atomic E-state index is 0.0274. The van der Waals surface area contributed by atoms with Crippen LogP contribution in [0.25, 0.3) is 0 Å². The average Bonchev–Trinajstić information content (AvgIpc) is 2.75. The molecule has 2 rings (SSSR count). The van der Waals surface area contributed by atoms with E-state index in [-0.39, 0.29) is 12.1 Å². The van der Waals surface area contributed by atoms with Crippen molar-refractivity contribution in [2.75, 3.05) is 26.2 Å². The lowest BCUT2D eigenvalue weighted by Crippen LogP contribution is -2.51. The van der Waals surface area contributed by atoms with Crippen molar-refractivity contribution in [1.82, 2.24) is 14.7 Å². The van der Waals surface area contributed by atoms with E-state index in [1.165, 1.54) is 6.42 Å². The van der Waals surface area contributed by atoms with Crippen molar-refractivity contribution in [3.8, 4) is 0 Å². The van der Waals surface area contributed by atoms with E-state index in [2.05, 4.69) is 16.9 Å². The van der Waals surface area contributed by atoms with E-state index in [1.807, 2.05) is 24.0 Å². The number of hydrogen-bond acceptors (Lipinski definition) is 4. The Labute approximate surface area is 109 Å². The van der Waals surface area contributed by atoms with E-state index in [1.54, 1.807) is 0 Å². The second kappa shape index (κ2) is 6.31. The number of hydrogen-bond donors (Lipinski definition) is 1. The molecule has 1 saturated heterocycles. The van der Waals surface area contributed by atoms with Gasteiger partial charge >= 0.3 is 0 Å². The molecule has 0 aromatic carbocycles. The molecule has 18 heavy (non-hydrogen) atoms. The second-order valence-corrected chi connectivity index (χ2v) is 5.06. The molecule has 5 nitrogen and oxygen atoms in total. The normalized spacial score (nSPS) is 23.2. The highest BCUT2D eigenvalue weighted by Gasteiger charge is 2.25. The lowest BCUT2D eigenvalue weighted by molar-refractivity contribution is -0.0402. The third kappa shape index (κ3) is 3.54. The SMILES string of the molecule is CCCN1CCOC(C(N)Cc2ccn(C)n2)C1. The Morgan fingerprint density at radius 3 is 3.11 bits per heavy atom. The maximum absolute atomic E-state index is 6.25. The summed E-state index contributed by atoms with van der Waals surface area (Å²) in [7, 11) is 1.93. The van der Waals surface area contributed by atoms with Crippen LogP contribution in [0.2, 0.25) is 0 Å². The van der Waals surface area contributed by atoms with E-state index in [0.29, 0.717) is 0 Å². The third-order valence-corrected chi connectivity index (χ3v) is 3.41. The topological polar surface area (TPSA) is 56.3 Å². The van der Waals surface area contributed by atoms with Gasteiger partial charge in [0.25, 0.3) is 0 Å². The maximum atomic E-state index is 6.25. The summed E-state index contributed by atoms with van der Waals surface area (Å²) in [5, 5.41) is 4.37. The Balaban J connectivity index is 1.86. The van der Waals surface area contributed by atoms with Crippen LogP contribution in [0.3, 0.4) is 0 Å². The number of ether oxygens (including phenoxy) is 1. The summed E-state index contributed by atoms with van der Waals surface area (Å²) in [5.74, 6) is 0. The molecule has 1 aliphatic heterocycles. The van der Waals surface area contributed by atoms with Gasteiger partial charge in [-0.1, -0.05) is 6.92 Å². The van der Waals surface area contributed by atoms with Crippen LogP contribution in [0.1, 0.15) is 19.0 Å². The van der Waals surface area contributed by atoms with Gasteiger partial charge in [0.05, 0.1) is 18.4 Å². The Morgan fingerprint density at radius 2 is 2.44 bits per heavy atom. The molecule has 1 fully saturated rings. The molecule has 2 atom stereocenters. The summed E-state index contributed by atoms with van der Waals surface area (Å²) in [6, 6.07) is 2.05. The Bertz CT molecular complexity index is 364. The molecule has 1 aromatic heterocycles. The molecule has 2 unspecified atom stereocenters. The number of nitrogens with two attached hydrogens (primary N) is 1. The molecule has 2 heterocycles. The second-order valence-electron chi connectivity index (χ2n) is 5.06. The summed E-state index contributed by atoms with van der Waals surface area (Å²) in [6.45, 7) is 6.11. The lowest BCUT2D eigenvalue weighted by atomic mass is 10.0. The van der Waals surface area contributed by atoms with Crippen molar-refractivity contribution >= 4 is 0 Å². The van der Waals surface area contributed by atoms with Gasteiger partial charge in [-0.05, 0) is 19.0 Å². The van der Waals surface area contributed by atoms with E-state index in [4.69, 9.17) is 10.5 Å². The quantitative estimate of drug-likeness (QED) is 0.824. The molecule has 0 bridgehead atoms. The molecule has 1 aromatic rings. The van der Waals surface area contributed by atoms with Crippen LogP contribution in [-0.4, -0.2) is 53.1 Å². The van der Waals surface area contributed by atoms with Crippen LogP contribution in [0, 0.1) is 0 Å². The highest BCUT2D eigenvalue weighted by atomic mass is 16.5. The zero-order valence-corrected chi connectivity index (χ0v) is 11.4. The highest BCUT2D eigenvalue weighted by molar-refractivity contribution is 5.02. The molecule has 0 radical (unpaired) electrons. The minimum Gasteiger partial charge on any atom is -0.374 e. The molecular weight excluding hydrogens is 228 g/mol. The van der Waals surface area contributed by atoms with Crippen molar-refractivity contribution in [1.29, 1.82) is 0 Å². The fourth-order valence-corrected chi connectivity index (χ4v) is 2.45. The molecular formula is C13H24N4O. The first-order chi connectivity index (χ1) is 8.69. The number of aryl methyl sites for hydroxylation is 1. The summed E-state index contributed by atoms with van der Waals surface area (Å²) < 4.78 is 7.61. The Morgan fingerprint density at radius 1 is 1.61 bits per heavy atom. The van der Waals surface area contributed by atoms with Crippen LogP contribution < -0.4 is 5.73 Å². The molecule has 0 aliphatic carbocycles. The first kappa shape index (κ1) is 13.5. The van der Waals surface area contributed by atoms with Gasteiger partial charge in [0, 0.05) is 38.8 Å². The lowest BCUT2D eigenvalue weighted by Gasteiger charge is -2.35. The van der Waals surface area contributed by atoms with Crippen molar-refractivity contribution in [2.24, 2.45) is 12.8 Å². The van der Waals surface area contributed by atoms with E-state index in [0.717, 1.165) is 38.4 Å². The van der Waals surface area contributed by atoms with Gasteiger partial charge in [-0.25, -0.2) is 0 Å². The highest BCUT2D eigenvalue weighted by Crippen LogP contribution is 2.11. The molecule has 2 N–H and O–H groups in total. The van der Waals surface area contributed by atoms with E-state index in [9.17, 15) is 0 Å². The fraction of sp³-hybridized carbons (Fsp3) is 0.769. The number of morpholine rings is 1. The monoisotopic (exact) mass is 252 g/mol. The van der Waals surface area contributed by atoms with Gasteiger partial charge in [-0.2, -0.15) is 5.10 Å². The van der Waals surface area contributed by atoms with Crippen LogP contribution in [0.4, 0.5) is 0 Å². The smallest absolute Gasteiger partial charge is 0.0857 e. The van der Waals surface area contributed by atoms with Crippen molar-refractivity contribution in [3.63, 3.8) is 0 Å². The van der Waals surface area contributed by atoms with Gasteiger partial charge in [-0.3, -0.25) is 9.58 Å². The van der Waals surface area contributed by atoms with Gasteiger partial charge < -0.3 is 10.5 Å². The van der Waals surface area contributed by atoms with Crippen LogP contribution >= 0.6 is 0 Å². The number of rotatable bonds is 5. The zero-order chi connectivity index (χ0) is 13.0.